The molecule has 1 aromatic rings. The van der Waals surface area contributed by atoms with Crippen molar-refractivity contribution < 1.29 is 0 Å². The average Bonchev–Trinajstić information content (AvgIpc) is 2.13. The van der Waals surface area contributed by atoms with Crippen molar-refractivity contribution in [3.8, 4) is 12.3 Å². The first-order valence-corrected chi connectivity index (χ1v) is 8.38. The van der Waals surface area contributed by atoms with Gasteiger partial charge in [-0.15, -0.1) is 6.42 Å². The normalized spacial score (nSPS) is 9.85. The van der Waals surface area contributed by atoms with E-state index >= 15 is 0 Å². The second-order valence-electron chi connectivity index (χ2n) is 2.09. The zero-order chi connectivity index (χ0) is 10.2. The molecule has 0 saturated carbocycles. The molecule has 68 valence electrons. The molecule has 0 atom stereocenters. The van der Waals surface area contributed by atoms with Gasteiger partial charge in [0.05, 0.1) is 5.56 Å². The minimum absolute atomic E-state index is 1.02. The fraction of sp³-hybridized carbons (Fsp3) is 0. The Morgan fingerprint density at radius 2 is 1.00 bits per heavy atom. The van der Waals surface area contributed by atoms with Crippen molar-refractivity contribution in [3.63, 3.8) is 0 Å². The van der Waals surface area contributed by atoms with E-state index in [1.165, 1.54) is 17.9 Å². The van der Waals surface area contributed by atoms with Gasteiger partial charge in [-0.05, 0) is 113 Å². The molecule has 0 saturated heterocycles. The Kier molecular flexibility index (Phi) is 5.88. The summed E-state index contributed by atoms with van der Waals surface area (Å²) in [6, 6.07) is 0. The lowest BCUT2D eigenvalue weighted by atomic mass is 10.2. The monoisotopic (exact) mass is 732 g/mol. The molecule has 0 nitrogen and oxygen atoms in total. The van der Waals surface area contributed by atoms with E-state index in [4.69, 9.17) is 6.42 Å². The minimum Gasteiger partial charge on any atom is -0.115 e. The molecule has 0 aliphatic carbocycles. The van der Waals surface area contributed by atoms with Crippen LogP contribution < -0.4 is 0 Å². The van der Waals surface area contributed by atoms with Crippen LogP contribution in [0.25, 0.3) is 0 Å². The van der Waals surface area contributed by atoms with E-state index in [1.54, 1.807) is 0 Å². The van der Waals surface area contributed by atoms with E-state index in [-0.39, 0.29) is 0 Å². The highest BCUT2D eigenvalue weighted by atomic mass is 127. The van der Waals surface area contributed by atoms with Crippen LogP contribution in [0.4, 0.5) is 0 Å². The van der Waals surface area contributed by atoms with E-state index in [0.717, 1.165) is 5.56 Å². The maximum Gasteiger partial charge on any atom is 0.0531 e. The highest BCUT2D eigenvalue weighted by Crippen LogP contribution is 2.32. The fourth-order valence-corrected chi connectivity index (χ4v) is 5.80. The highest BCUT2D eigenvalue weighted by molar-refractivity contribution is 14.1. The highest BCUT2D eigenvalue weighted by Gasteiger charge is 2.15. The molecular formula is C8HI5. The van der Waals surface area contributed by atoms with E-state index < -0.39 is 0 Å². The molecule has 0 amide bonds. The first kappa shape index (κ1) is 13.5. The molecule has 0 bridgehead atoms. The van der Waals surface area contributed by atoms with Crippen LogP contribution in [-0.4, -0.2) is 0 Å². The molecule has 13 heavy (non-hydrogen) atoms. The van der Waals surface area contributed by atoms with Gasteiger partial charge in [0.25, 0.3) is 0 Å². The summed E-state index contributed by atoms with van der Waals surface area (Å²) < 4.78 is 6.20. The Morgan fingerprint density at radius 3 is 1.31 bits per heavy atom. The number of halogens is 5. The van der Waals surface area contributed by atoms with E-state index in [0.29, 0.717) is 0 Å². The lowest BCUT2D eigenvalue weighted by Crippen LogP contribution is -1.99. The standard InChI is InChI=1S/C8HI5/c1-2-3-4(9)6(11)8(13)7(12)5(3)10/h1H. The van der Waals surface area contributed by atoms with Crippen molar-refractivity contribution in [3.05, 3.63) is 23.4 Å². The van der Waals surface area contributed by atoms with E-state index in [2.05, 4.69) is 119 Å². The summed E-state index contributed by atoms with van der Waals surface area (Å²) in [6.07, 6.45) is 5.47. The van der Waals surface area contributed by atoms with Crippen LogP contribution in [0.5, 0.6) is 0 Å². The Hall–Kier alpha value is 2.43. The Morgan fingerprint density at radius 1 is 0.692 bits per heavy atom. The van der Waals surface area contributed by atoms with E-state index in [9.17, 15) is 0 Å². The van der Waals surface area contributed by atoms with Crippen LogP contribution in [0.15, 0.2) is 0 Å². The van der Waals surface area contributed by atoms with Gasteiger partial charge in [0.2, 0.25) is 0 Å². The zero-order valence-corrected chi connectivity index (χ0v) is 16.8. The molecule has 0 fully saturated rings. The Bertz CT molecular complexity index is 373. The molecule has 0 N–H and O–H groups in total. The fourth-order valence-electron chi connectivity index (χ4n) is 0.732. The largest absolute Gasteiger partial charge is 0.115 e. The van der Waals surface area contributed by atoms with Gasteiger partial charge in [0, 0.05) is 17.9 Å². The summed E-state index contributed by atoms with van der Waals surface area (Å²) in [5, 5.41) is 0. The molecule has 1 aromatic carbocycles. The van der Waals surface area contributed by atoms with Gasteiger partial charge in [-0.25, -0.2) is 0 Å². The van der Waals surface area contributed by atoms with Gasteiger partial charge >= 0.3 is 0 Å². The Balaban J connectivity index is 3.69. The van der Waals surface area contributed by atoms with Crippen molar-refractivity contribution in [1.29, 1.82) is 0 Å². The predicted molar refractivity (Wildman–Crippen MR) is 98.0 cm³/mol. The lowest BCUT2D eigenvalue weighted by Gasteiger charge is -2.08. The van der Waals surface area contributed by atoms with Crippen molar-refractivity contribution in [2.45, 2.75) is 0 Å². The smallest absolute Gasteiger partial charge is 0.0531 e. The average molecular weight is 732 g/mol. The molecule has 1 rings (SSSR count). The first-order chi connectivity index (χ1) is 6.00. The third-order valence-corrected chi connectivity index (χ3v) is 10.9. The van der Waals surface area contributed by atoms with Crippen LogP contribution in [0.2, 0.25) is 0 Å². The summed E-state index contributed by atoms with van der Waals surface area (Å²) in [6.45, 7) is 0. The number of rotatable bonds is 0. The SMILES string of the molecule is C#Cc1c(I)c(I)c(I)c(I)c1I. The van der Waals surface area contributed by atoms with Crippen molar-refractivity contribution in [1.82, 2.24) is 0 Å². The lowest BCUT2D eigenvalue weighted by molar-refractivity contribution is 1.40. The second-order valence-corrected chi connectivity index (χ2v) is 7.48. The predicted octanol–water partition coefficient (Wildman–Crippen LogP) is 4.69. The van der Waals surface area contributed by atoms with Crippen LogP contribution in [0, 0.1) is 30.2 Å². The second kappa shape index (κ2) is 5.67. The van der Waals surface area contributed by atoms with Crippen LogP contribution in [0.1, 0.15) is 5.56 Å². The summed E-state index contributed by atoms with van der Waals surface area (Å²) in [5.74, 6) is 2.74. The third kappa shape index (κ3) is 2.76. The molecule has 0 aliphatic heterocycles. The van der Waals surface area contributed by atoms with Crippen molar-refractivity contribution >= 4 is 113 Å². The summed E-state index contributed by atoms with van der Waals surface area (Å²) in [5.41, 5.74) is 1.02. The zero-order valence-electron chi connectivity index (χ0n) is 5.97. The number of hydrogen-bond donors (Lipinski definition) is 0. The summed E-state index contributed by atoms with van der Waals surface area (Å²) in [7, 11) is 0. The molecule has 0 spiro atoms. The topological polar surface area (TPSA) is 0 Å². The van der Waals surface area contributed by atoms with Gasteiger partial charge in [0.15, 0.2) is 0 Å². The summed E-state index contributed by atoms with van der Waals surface area (Å²) in [4.78, 5) is 0. The number of terminal acetylenes is 1. The number of hydrogen-bond acceptors (Lipinski definition) is 0. The van der Waals surface area contributed by atoms with Crippen molar-refractivity contribution in [2.75, 3.05) is 0 Å². The quantitative estimate of drug-likeness (QED) is 0.158. The third-order valence-electron chi connectivity index (χ3n) is 1.35. The van der Waals surface area contributed by atoms with Crippen molar-refractivity contribution in [2.24, 2.45) is 0 Å². The maximum absolute atomic E-state index is 5.47. The van der Waals surface area contributed by atoms with Crippen LogP contribution in [-0.2, 0) is 0 Å². The maximum atomic E-state index is 5.47. The van der Waals surface area contributed by atoms with Gasteiger partial charge < -0.3 is 0 Å². The molecule has 0 unspecified atom stereocenters. The van der Waals surface area contributed by atoms with Gasteiger partial charge in [-0.2, -0.15) is 0 Å². The van der Waals surface area contributed by atoms with Gasteiger partial charge in [-0.3, -0.25) is 0 Å². The molecule has 0 heterocycles. The molecule has 0 radical (unpaired) electrons. The van der Waals surface area contributed by atoms with Crippen LogP contribution in [0.3, 0.4) is 0 Å². The number of benzene rings is 1. The van der Waals surface area contributed by atoms with Crippen LogP contribution >= 0.6 is 113 Å². The van der Waals surface area contributed by atoms with E-state index in [1.807, 2.05) is 0 Å². The molecular weight excluding hydrogens is 731 g/mol. The van der Waals surface area contributed by atoms with Gasteiger partial charge in [0.1, 0.15) is 0 Å². The minimum atomic E-state index is 1.02. The Labute approximate surface area is 145 Å². The molecule has 0 aromatic heterocycles. The van der Waals surface area contributed by atoms with Gasteiger partial charge in [-0.1, -0.05) is 5.92 Å². The summed E-state index contributed by atoms with van der Waals surface area (Å²) >= 11 is 11.7. The molecule has 5 heteroatoms. The molecule has 0 aliphatic rings. The first-order valence-electron chi connectivity index (χ1n) is 2.98.